The van der Waals surface area contributed by atoms with E-state index >= 15 is 4.39 Å². The predicted octanol–water partition coefficient (Wildman–Crippen LogP) is 7.60. The topological polar surface area (TPSA) is 62.6 Å². The van der Waals surface area contributed by atoms with Gasteiger partial charge in [-0.2, -0.15) is 18.3 Å². The maximum atomic E-state index is 15.3. The SMILES string of the molecule is C.CCc1cccc(CC)c1-n1nc2c(c1-c1cc(F)c(C)c3[nH]ccc13)CN(c1ncc(C(F)(F)F)cn1)CC2. The molecule has 4 heterocycles. The number of hydrogen-bond donors (Lipinski definition) is 1. The Balaban J connectivity index is 0.00000337. The molecule has 0 unspecified atom stereocenters. The molecule has 1 N–H and O–H groups in total. The monoisotopic (exact) mass is 564 g/mol. The summed E-state index contributed by atoms with van der Waals surface area (Å²) in [6.07, 6.45) is 1.04. The zero-order valence-electron chi connectivity index (χ0n) is 22.4. The first-order chi connectivity index (χ1) is 19.2. The number of hydrogen-bond acceptors (Lipinski definition) is 4. The number of H-pyrrole nitrogens is 1. The zero-order valence-corrected chi connectivity index (χ0v) is 22.4. The summed E-state index contributed by atoms with van der Waals surface area (Å²) in [7, 11) is 0. The lowest BCUT2D eigenvalue weighted by Gasteiger charge is -2.27. The van der Waals surface area contributed by atoms with Crippen molar-refractivity contribution >= 4 is 16.9 Å². The van der Waals surface area contributed by atoms with Crippen LogP contribution in [0.1, 0.15) is 54.8 Å². The van der Waals surface area contributed by atoms with E-state index in [0.29, 0.717) is 30.6 Å². The van der Waals surface area contributed by atoms with E-state index in [0.717, 1.165) is 69.9 Å². The number of fused-ring (bicyclic) bond motifs is 2. The van der Waals surface area contributed by atoms with Gasteiger partial charge in [0.1, 0.15) is 5.82 Å². The van der Waals surface area contributed by atoms with Crippen LogP contribution in [-0.2, 0) is 32.0 Å². The van der Waals surface area contributed by atoms with Crippen LogP contribution in [0.2, 0.25) is 0 Å². The number of aryl methyl sites for hydroxylation is 3. The third-order valence-electron chi connectivity index (χ3n) is 7.76. The fourth-order valence-electron chi connectivity index (χ4n) is 5.63. The van der Waals surface area contributed by atoms with Crippen molar-refractivity contribution in [2.45, 2.75) is 60.2 Å². The number of aromatic nitrogens is 5. The molecule has 6 nitrogen and oxygen atoms in total. The van der Waals surface area contributed by atoms with Gasteiger partial charge in [-0.25, -0.2) is 19.0 Å². The lowest BCUT2D eigenvalue weighted by molar-refractivity contribution is -0.138. The number of benzene rings is 2. The van der Waals surface area contributed by atoms with Crippen LogP contribution in [-0.4, -0.2) is 31.3 Å². The second kappa shape index (κ2) is 10.6. The molecule has 0 aliphatic carbocycles. The van der Waals surface area contributed by atoms with Crippen LogP contribution in [0.4, 0.5) is 23.5 Å². The van der Waals surface area contributed by atoms with E-state index in [1.165, 1.54) is 0 Å². The minimum Gasteiger partial charge on any atom is -0.361 e. The van der Waals surface area contributed by atoms with Crippen molar-refractivity contribution in [2.75, 3.05) is 11.4 Å². The number of nitrogens with one attached hydrogen (secondary N) is 1. The van der Waals surface area contributed by atoms with Gasteiger partial charge in [0.25, 0.3) is 0 Å². The van der Waals surface area contributed by atoms with Crippen LogP contribution in [0.3, 0.4) is 0 Å². The highest BCUT2D eigenvalue weighted by Crippen LogP contribution is 2.40. The van der Waals surface area contributed by atoms with Gasteiger partial charge in [0, 0.05) is 60.2 Å². The van der Waals surface area contributed by atoms with Gasteiger partial charge in [0.2, 0.25) is 5.95 Å². The molecule has 0 radical (unpaired) electrons. The number of anilines is 1. The number of halogens is 4. The fourth-order valence-corrected chi connectivity index (χ4v) is 5.63. The highest BCUT2D eigenvalue weighted by atomic mass is 19.4. The van der Waals surface area contributed by atoms with Crippen LogP contribution in [0.25, 0.3) is 27.8 Å². The van der Waals surface area contributed by atoms with Gasteiger partial charge in [-0.1, -0.05) is 39.5 Å². The molecule has 0 fully saturated rings. The first kappa shape index (κ1) is 28.3. The lowest BCUT2D eigenvalue weighted by Crippen LogP contribution is -2.31. The van der Waals surface area contributed by atoms with E-state index in [4.69, 9.17) is 5.10 Å². The summed E-state index contributed by atoms with van der Waals surface area (Å²) < 4.78 is 56.6. The number of alkyl halides is 3. The molecule has 3 aromatic heterocycles. The number of rotatable bonds is 5. The van der Waals surface area contributed by atoms with E-state index in [2.05, 4.69) is 40.9 Å². The predicted molar refractivity (Wildman–Crippen MR) is 153 cm³/mol. The van der Waals surface area contributed by atoms with E-state index in [1.54, 1.807) is 19.2 Å². The van der Waals surface area contributed by atoms with Gasteiger partial charge in [0.05, 0.1) is 28.2 Å². The molecule has 1 aliphatic heterocycles. The van der Waals surface area contributed by atoms with Crippen LogP contribution in [0.15, 0.2) is 48.9 Å². The summed E-state index contributed by atoms with van der Waals surface area (Å²) in [4.78, 5) is 13.1. The number of aromatic amines is 1. The van der Waals surface area contributed by atoms with Crippen molar-refractivity contribution in [3.63, 3.8) is 0 Å². The maximum absolute atomic E-state index is 15.3. The summed E-state index contributed by atoms with van der Waals surface area (Å²) in [5.41, 5.74) is 6.82. The Morgan fingerprint density at radius 2 is 1.71 bits per heavy atom. The van der Waals surface area contributed by atoms with Crippen LogP contribution < -0.4 is 4.90 Å². The van der Waals surface area contributed by atoms with E-state index in [-0.39, 0.29) is 19.2 Å². The summed E-state index contributed by atoms with van der Waals surface area (Å²) in [6, 6.07) is 9.72. The molecule has 6 rings (SSSR count). The van der Waals surface area contributed by atoms with Crippen LogP contribution in [0, 0.1) is 12.7 Å². The first-order valence-electron chi connectivity index (χ1n) is 13.3. The molecular formula is C31H32F4N6. The normalized spacial score (nSPS) is 13.4. The Labute approximate surface area is 236 Å². The molecule has 10 heteroatoms. The Morgan fingerprint density at radius 1 is 1.02 bits per heavy atom. The van der Waals surface area contributed by atoms with Gasteiger partial charge in [-0.3, -0.25) is 0 Å². The molecule has 214 valence electrons. The Kier molecular flexibility index (Phi) is 7.35. The molecule has 0 bridgehead atoms. The molecule has 5 aromatic rings. The minimum absolute atomic E-state index is 0. The summed E-state index contributed by atoms with van der Waals surface area (Å²) in [5, 5.41) is 5.97. The first-order valence-corrected chi connectivity index (χ1v) is 13.3. The molecule has 41 heavy (non-hydrogen) atoms. The van der Waals surface area contributed by atoms with E-state index in [1.807, 2.05) is 21.7 Å². The summed E-state index contributed by atoms with van der Waals surface area (Å²) in [6.45, 7) is 6.76. The average Bonchev–Trinajstić information content (AvgIpc) is 3.59. The molecule has 1 aliphatic rings. The third-order valence-corrected chi connectivity index (χ3v) is 7.76. The highest BCUT2D eigenvalue weighted by Gasteiger charge is 2.33. The smallest absolute Gasteiger partial charge is 0.361 e. The van der Waals surface area contributed by atoms with E-state index < -0.39 is 11.7 Å². The second-order valence-corrected chi connectivity index (χ2v) is 10.1. The van der Waals surface area contributed by atoms with Crippen molar-refractivity contribution in [3.8, 4) is 16.9 Å². The van der Waals surface area contributed by atoms with E-state index in [9.17, 15) is 13.2 Å². The molecule has 2 aromatic carbocycles. The van der Waals surface area contributed by atoms with Gasteiger partial charge >= 0.3 is 6.18 Å². The minimum atomic E-state index is -4.51. The Bertz CT molecular complexity index is 1690. The number of para-hydroxylation sites is 1. The lowest BCUT2D eigenvalue weighted by atomic mass is 9.96. The largest absolute Gasteiger partial charge is 0.419 e. The standard InChI is InChI=1S/C30H28F4N6.CH4/c1-4-18-7-6-8-19(5-2)27(18)40-28(22-13-24(31)17(3)26-21(22)9-11-35-26)23-16-39(12-10-25(23)38-40)29-36-14-20(15-37-29)30(32,33)34;/h6-9,11,13-15,35H,4-5,10,12,16H2,1-3H3;1H4. The molecule has 0 amide bonds. The van der Waals surface area contributed by atoms with Crippen LogP contribution in [0.5, 0.6) is 0 Å². The molecule has 0 saturated heterocycles. The van der Waals surface area contributed by atoms with Crippen molar-refractivity contribution in [3.05, 3.63) is 88.3 Å². The molecular weight excluding hydrogens is 532 g/mol. The Hall–Kier alpha value is -4.21. The average molecular weight is 565 g/mol. The second-order valence-electron chi connectivity index (χ2n) is 10.1. The summed E-state index contributed by atoms with van der Waals surface area (Å²) in [5.74, 6) is -0.118. The van der Waals surface area contributed by atoms with Crippen molar-refractivity contribution < 1.29 is 17.6 Å². The Morgan fingerprint density at radius 3 is 2.34 bits per heavy atom. The fraction of sp³-hybridized carbons (Fsp3) is 0.323. The van der Waals surface area contributed by atoms with Gasteiger partial charge in [-0.15, -0.1) is 0 Å². The van der Waals surface area contributed by atoms with Crippen LogP contribution >= 0.6 is 0 Å². The highest BCUT2D eigenvalue weighted by molar-refractivity contribution is 5.97. The molecule has 0 atom stereocenters. The van der Waals surface area contributed by atoms with Gasteiger partial charge < -0.3 is 9.88 Å². The third kappa shape index (κ3) is 4.75. The van der Waals surface area contributed by atoms with Gasteiger partial charge in [0.15, 0.2) is 0 Å². The van der Waals surface area contributed by atoms with Crippen molar-refractivity contribution in [1.82, 2.24) is 24.7 Å². The zero-order chi connectivity index (χ0) is 28.2. The van der Waals surface area contributed by atoms with Crippen molar-refractivity contribution in [1.29, 1.82) is 0 Å². The van der Waals surface area contributed by atoms with Crippen molar-refractivity contribution in [2.24, 2.45) is 0 Å². The maximum Gasteiger partial charge on any atom is 0.419 e. The molecule has 0 saturated carbocycles. The quantitative estimate of drug-likeness (QED) is 0.223. The number of nitrogens with zero attached hydrogens (tertiary/aromatic N) is 5. The van der Waals surface area contributed by atoms with Gasteiger partial charge in [-0.05, 0) is 43.0 Å². The molecule has 0 spiro atoms. The summed E-state index contributed by atoms with van der Waals surface area (Å²) >= 11 is 0.